The van der Waals surface area contributed by atoms with Gasteiger partial charge in [-0.15, -0.1) is 0 Å². The lowest BCUT2D eigenvalue weighted by Gasteiger charge is -2.27. The summed E-state index contributed by atoms with van der Waals surface area (Å²) in [6.45, 7) is 0.141. The molecule has 2 N–H and O–H groups in total. The Kier molecular flexibility index (Phi) is 4.30. The number of piperidine rings is 1. The van der Waals surface area contributed by atoms with Gasteiger partial charge in [0.05, 0.1) is 11.1 Å². The number of nitrogens with zero attached hydrogens (tertiary/aromatic N) is 1. The van der Waals surface area contributed by atoms with Crippen molar-refractivity contribution in [3.8, 4) is 0 Å². The van der Waals surface area contributed by atoms with Crippen molar-refractivity contribution >= 4 is 29.5 Å². The molecule has 30 heavy (non-hydrogen) atoms. The third-order valence-corrected chi connectivity index (χ3v) is 6.62. The van der Waals surface area contributed by atoms with Crippen molar-refractivity contribution in [1.82, 2.24) is 15.5 Å². The van der Waals surface area contributed by atoms with Gasteiger partial charge in [0.1, 0.15) is 6.04 Å². The summed E-state index contributed by atoms with van der Waals surface area (Å²) in [7, 11) is 0. The number of carbonyl (C=O) groups is 5. The van der Waals surface area contributed by atoms with Crippen LogP contribution in [0, 0.1) is 17.8 Å². The highest BCUT2D eigenvalue weighted by molar-refractivity contribution is 6.24. The first-order valence-electron chi connectivity index (χ1n) is 10.2. The van der Waals surface area contributed by atoms with Gasteiger partial charge < -0.3 is 5.32 Å². The van der Waals surface area contributed by atoms with Crippen molar-refractivity contribution in [2.24, 2.45) is 17.8 Å². The average Bonchev–Trinajstić information content (AvgIpc) is 3.42. The molecular weight excluding hydrogens is 386 g/mol. The first-order valence-corrected chi connectivity index (χ1v) is 10.2. The lowest BCUT2D eigenvalue weighted by Crippen LogP contribution is -2.54. The van der Waals surface area contributed by atoms with Crippen molar-refractivity contribution in [2.45, 2.75) is 38.3 Å². The van der Waals surface area contributed by atoms with E-state index in [1.54, 1.807) is 18.2 Å². The van der Waals surface area contributed by atoms with Crippen LogP contribution in [0.3, 0.4) is 0 Å². The molecule has 2 bridgehead atoms. The average molecular weight is 407 g/mol. The first kappa shape index (κ1) is 18.7. The van der Waals surface area contributed by atoms with Crippen molar-refractivity contribution in [1.29, 1.82) is 0 Å². The molecule has 1 aromatic rings. The Bertz CT molecular complexity index is 1030. The topological polar surface area (TPSA) is 113 Å². The third kappa shape index (κ3) is 2.86. The number of allylic oxidation sites excluding steroid dienone is 2. The summed E-state index contributed by atoms with van der Waals surface area (Å²) in [5, 5.41) is 5.11. The number of rotatable bonds is 4. The Labute approximate surface area is 172 Å². The zero-order chi connectivity index (χ0) is 21.0. The van der Waals surface area contributed by atoms with Gasteiger partial charge in [-0.25, -0.2) is 0 Å². The maximum atomic E-state index is 13.1. The number of fused-ring (bicyclic) bond motifs is 3. The van der Waals surface area contributed by atoms with Crippen LogP contribution in [0.4, 0.5) is 0 Å². The van der Waals surface area contributed by atoms with E-state index in [0.29, 0.717) is 11.5 Å². The summed E-state index contributed by atoms with van der Waals surface area (Å²) >= 11 is 0. The molecule has 2 fully saturated rings. The lowest BCUT2D eigenvalue weighted by atomic mass is 9.92. The molecule has 2 heterocycles. The molecule has 1 aromatic carbocycles. The number of nitrogens with one attached hydrogen (secondary N) is 2. The molecule has 5 rings (SSSR count). The molecule has 0 radical (unpaired) electrons. The van der Waals surface area contributed by atoms with Crippen LogP contribution >= 0.6 is 0 Å². The van der Waals surface area contributed by atoms with E-state index in [1.165, 1.54) is 0 Å². The van der Waals surface area contributed by atoms with E-state index in [2.05, 4.69) is 22.8 Å². The van der Waals surface area contributed by atoms with Crippen LogP contribution in [0.25, 0.3) is 0 Å². The van der Waals surface area contributed by atoms with E-state index in [0.717, 1.165) is 17.7 Å². The number of hydrogen-bond acceptors (Lipinski definition) is 5. The Morgan fingerprint density at radius 3 is 2.63 bits per heavy atom. The molecule has 8 nitrogen and oxygen atoms in total. The minimum absolute atomic E-state index is 0.0387. The maximum Gasteiger partial charge on any atom is 0.262 e. The standard InChI is InChI=1S/C22H21N3O5/c26-17-7-6-16(20(28)24-17)25-21(29)14-3-1-2-13(18(14)22(25)30)10-23-19(27)15-9-11-4-5-12(15)8-11/h1-5,11-12,15-16H,6-10H2,(H,23,27)(H,24,26,28). The quantitative estimate of drug-likeness (QED) is 0.569. The molecule has 1 saturated heterocycles. The molecule has 4 aliphatic rings. The number of amides is 5. The second-order valence-corrected chi connectivity index (χ2v) is 8.39. The summed E-state index contributed by atoms with van der Waals surface area (Å²) in [5.41, 5.74) is 0.993. The summed E-state index contributed by atoms with van der Waals surface area (Å²) < 4.78 is 0. The molecule has 0 spiro atoms. The second kappa shape index (κ2) is 6.90. The van der Waals surface area contributed by atoms with Gasteiger partial charge in [0.2, 0.25) is 17.7 Å². The fourth-order valence-corrected chi connectivity index (χ4v) is 5.13. The largest absolute Gasteiger partial charge is 0.352 e. The van der Waals surface area contributed by atoms with Crippen LogP contribution in [-0.4, -0.2) is 40.5 Å². The lowest BCUT2D eigenvalue weighted by molar-refractivity contribution is -0.136. The van der Waals surface area contributed by atoms with Crippen LogP contribution in [0.5, 0.6) is 0 Å². The Morgan fingerprint density at radius 2 is 1.93 bits per heavy atom. The molecule has 8 heteroatoms. The molecule has 2 aliphatic carbocycles. The van der Waals surface area contributed by atoms with Gasteiger partial charge in [-0.3, -0.25) is 34.2 Å². The fourth-order valence-electron chi connectivity index (χ4n) is 5.13. The number of imide groups is 2. The zero-order valence-corrected chi connectivity index (χ0v) is 16.2. The van der Waals surface area contributed by atoms with Crippen LogP contribution in [0.15, 0.2) is 30.4 Å². The first-order chi connectivity index (χ1) is 14.4. The number of hydrogen-bond donors (Lipinski definition) is 2. The van der Waals surface area contributed by atoms with Gasteiger partial charge in [0.25, 0.3) is 11.8 Å². The summed E-state index contributed by atoms with van der Waals surface area (Å²) in [6, 6.07) is 3.92. The monoisotopic (exact) mass is 407 g/mol. The van der Waals surface area contributed by atoms with E-state index in [-0.39, 0.29) is 48.3 Å². The zero-order valence-electron chi connectivity index (χ0n) is 16.2. The van der Waals surface area contributed by atoms with Crippen LogP contribution in [0.2, 0.25) is 0 Å². The van der Waals surface area contributed by atoms with Crippen molar-refractivity contribution < 1.29 is 24.0 Å². The molecule has 154 valence electrons. The van der Waals surface area contributed by atoms with E-state index in [1.807, 2.05) is 0 Å². The van der Waals surface area contributed by atoms with Gasteiger partial charge in [0, 0.05) is 18.9 Å². The summed E-state index contributed by atoms with van der Waals surface area (Å²) in [6.07, 6.45) is 6.34. The molecule has 1 saturated carbocycles. The third-order valence-electron chi connectivity index (χ3n) is 6.62. The van der Waals surface area contributed by atoms with Gasteiger partial charge in [0.15, 0.2) is 0 Å². The van der Waals surface area contributed by atoms with E-state index in [4.69, 9.17) is 0 Å². The molecule has 4 unspecified atom stereocenters. The molecular formula is C22H21N3O5. The van der Waals surface area contributed by atoms with Crippen LogP contribution in [0.1, 0.15) is 52.0 Å². The van der Waals surface area contributed by atoms with Gasteiger partial charge in [-0.2, -0.15) is 0 Å². The van der Waals surface area contributed by atoms with Crippen molar-refractivity contribution in [2.75, 3.05) is 0 Å². The van der Waals surface area contributed by atoms with Gasteiger partial charge in [-0.05, 0) is 42.7 Å². The Balaban J connectivity index is 1.34. The van der Waals surface area contributed by atoms with Gasteiger partial charge >= 0.3 is 0 Å². The van der Waals surface area contributed by atoms with Crippen molar-refractivity contribution in [3.63, 3.8) is 0 Å². The second-order valence-electron chi connectivity index (χ2n) is 8.39. The van der Waals surface area contributed by atoms with E-state index < -0.39 is 29.7 Å². The molecule has 5 amide bonds. The highest BCUT2D eigenvalue weighted by Crippen LogP contribution is 2.43. The maximum absolute atomic E-state index is 13.1. The molecule has 2 aliphatic heterocycles. The van der Waals surface area contributed by atoms with Crippen molar-refractivity contribution in [3.05, 3.63) is 47.0 Å². The SMILES string of the molecule is O=C1CCC(N2C(=O)c3cccc(CNC(=O)C4CC5C=CC4C5)c3C2=O)C(=O)N1. The predicted molar refractivity (Wildman–Crippen MR) is 104 cm³/mol. The van der Waals surface area contributed by atoms with E-state index in [9.17, 15) is 24.0 Å². The highest BCUT2D eigenvalue weighted by Gasteiger charge is 2.45. The minimum Gasteiger partial charge on any atom is -0.352 e. The summed E-state index contributed by atoms with van der Waals surface area (Å²) in [5.74, 6) is -1.48. The normalized spacial score (nSPS) is 29.4. The number of carbonyl (C=O) groups excluding carboxylic acids is 5. The number of benzene rings is 1. The highest BCUT2D eigenvalue weighted by atomic mass is 16.2. The van der Waals surface area contributed by atoms with Crippen LogP contribution < -0.4 is 10.6 Å². The minimum atomic E-state index is -1.00. The summed E-state index contributed by atoms with van der Waals surface area (Å²) in [4.78, 5) is 63.1. The predicted octanol–water partition coefficient (Wildman–Crippen LogP) is 0.916. The molecule has 0 aromatic heterocycles. The Hall–Kier alpha value is -3.29. The fraction of sp³-hybridized carbons (Fsp3) is 0.409. The smallest absolute Gasteiger partial charge is 0.262 e. The molecule has 4 atom stereocenters. The van der Waals surface area contributed by atoms with Crippen LogP contribution in [-0.2, 0) is 20.9 Å². The van der Waals surface area contributed by atoms with E-state index >= 15 is 0 Å². The Morgan fingerprint density at radius 1 is 1.10 bits per heavy atom. The van der Waals surface area contributed by atoms with Gasteiger partial charge in [-0.1, -0.05) is 24.3 Å².